The number of hydrogen-bond acceptors (Lipinski definition) is 6. The van der Waals surface area contributed by atoms with Gasteiger partial charge < -0.3 is 14.7 Å². The first-order chi connectivity index (χ1) is 11.4. The molecule has 2 aromatic heterocycles. The summed E-state index contributed by atoms with van der Waals surface area (Å²) in [6, 6.07) is 3.83. The number of pyridine rings is 1. The second-order valence-electron chi connectivity index (χ2n) is 7.19. The number of amides is 1. The molecule has 0 aliphatic carbocycles. The molecule has 1 N–H and O–H groups in total. The fraction of sp³-hybridized carbons (Fsp3) is 0.529. The highest BCUT2D eigenvalue weighted by molar-refractivity contribution is 5.80. The van der Waals surface area contributed by atoms with E-state index >= 15 is 0 Å². The Hall–Kier alpha value is -2.28. The van der Waals surface area contributed by atoms with Gasteiger partial charge in [0.05, 0.1) is 12.6 Å². The molecule has 3 rings (SSSR count). The molecule has 1 saturated heterocycles. The average molecular weight is 329 g/mol. The zero-order valence-corrected chi connectivity index (χ0v) is 14.5. The zero-order valence-electron chi connectivity index (χ0n) is 14.5. The summed E-state index contributed by atoms with van der Waals surface area (Å²) in [5.74, 6) is 1.33. The number of carbonyl (C=O) groups excluding carboxylic acids is 1. The van der Waals surface area contributed by atoms with Gasteiger partial charge in [0, 0.05) is 37.3 Å². The Morgan fingerprint density at radius 2 is 2.21 bits per heavy atom. The molecule has 0 aromatic carbocycles. The molecule has 1 aliphatic rings. The van der Waals surface area contributed by atoms with Gasteiger partial charge in [0.1, 0.15) is 0 Å². The third-order valence-electron chi connectivity index (χ3n) is 4.24. The van der Waals surface area contributed by atoms with Crippen molar-refractivity contribution in [1.29, 1.82) is 0 Å². The van der Waals surface area contributed by atoms with Crippen LogP contribution in [0, 0.1) is 0 Å². The van der Waals surface area contributed by atoms with Gasteiger partial charge in [0.2, 0.25) is 11.8 Å². The molecule has 0 bridgehead atoms. The molecule has 1 aliphatic heterocycles. The highest BCUT2D eigenvalue weighted by Gasteiger charge is 2.38. The van der Waals surface area contributed by atoms with Crippen molar-refractivity contribution in [2.24, 2.45) is 0 Å². The van der Waals surface area contributed by atoms with Crippen LogP contribution in [-0.2, 0) is 16.8 Å². The number of nitrogens with one attached hydrogen (secondary N) is 1. The molecule has 0 radical (unpaired) electrons. The molecule has 1 amide bonds. The van der Waals surface area contributed by atoms with Crippen LogP contribution >= 0.6 is 0 Å². The quantitative estimate of drug-likeness (QED) is 0.921. The molecule has 1 fully saturated rings. The van der Waals surface area contributed by atoms with E-state index in [1.165, 1.54) is 0 Å². The molecule has 0 spiro atoms. The molecule has 24 heavy (non-hydrogen) atoms. The van der Waals surface area contributed by atoms with Gasteiger partial charge in [0.15, 0.2) is 5.82 Å². The lowest BCUT2D eigenvalue weighted by atomic mass is 9.97. The Balaban J connectivity index is 1.71. The van der Waals surface area contributed by atoms with E-state index in [0.717, 1.165) is 5.56 Å². The summed E-state index contributed by atoms with van der Waals surface area (Å²) in [6.45, 7) is 6.55. The van der Waals surface area contributed by atoms with Crippen molar-refractivity contribution in [2.45, 2.75) is 51.2 Å². The van der Waals surface area contributed by atoms with Gasteiger partial charge in [-0.3, -0.25) is 9.78 Å². The Bertz CT molecular complexity index is 707. The summed E-state index contributed by atoms with van der Waals surface area (Å²) in [5, 5.41) is 7.42. The molecule has 128 valence electrons. The van der Waals surface area contributed by atoms with Crippen LogP contribution in [0.1, 0.15) is 50.5 Å². The first kappa shape index (κ1) is 16.6. The van der Waals surface area contributed by atoms with Crippen LogP contribution in [-0.4, -0.2) is 39.0 Å². The molecule has 7 nitrogen and oxygen atoms in total. The maximum Gasteiger partial charge on any atom is 0.232 e. The fourth-order valence-electron chi connectivity index (χ4n) is 2.91. The maximum absolute atomic E-state index is 12.1. The largest absolute Gasteiger partial charge is 0.339 e. The van der Waals surface area contributed by atoms with E-state index in [9.17, 15) is 4.79 Å². The minimum atomic E-state index is -0.174. The molecule has 0 unspecified atom stereocenters. The number of likely N-dealkylation sites (tertiary alicyclic amines) is 1. The number of likely N-dealkylation sites (N-methyl/N-ethyl adjacent to an activating group) is 1. The molecular weight excluding hydrogens is 306 g/mol. The van der Waals surface area contributed by atoms with Gasteiger partial charge in [-0.2, -0.15) is 4.98 Å². The lowest BCUT2D eigenvalue weighted by Gasteiger charge is -2.25. The second-order valence-corrected chi connectivity index (χ2v) is 7.19. The highest BCUT2D eigenvalue weighted by Crippen LogP contribution is 2.31. The normalized spacial score (nSPS) is 21.5. The van der Waals surface area contributed by atoms with Crippen LogP contribution in [0.25, 0.3) is 0 Å². The Morgan fingerprint density at radius 3 is 2.83 bits per heavy atom. The van der Waals surface area contributed by atoms with Crippen molar-refractivity contribution in [1.82, 2.24) is 25.3 Å². The number of rotatable bonds is 4. The summed E-state index contributed by atoms with van der Waals surface area (Å²) in [7, 11) is 1.83. The van der Waals surface area contributed by atoms with E-state index in [0.29, 0.717) is 24.7 Å². The van der Waals surface area contributed by atoms with E-state index in [1.807, 2.05) is 40.0 Å². The van der Waals surface area contributed by atoms with Crippen LogP contribution in [0.2, 0.25) is 0 Å². The minimum Gasteiger partial charge on any atom is -0.339 e. The predicted octanol–water partition coefficient (Wildman–Crippen LogP) is 1.82. The van der Waals surface area contributed by atoms with Gasteiger partial charge in [-0.15, -0.1) is 0 Å². The topological polar surface area (TPSA) is 84.2 Å². The van der Waals surface area contributed by atoms with E-state index < -0.39 is 0 Å². The van der Waals surface area contributed by atoms with E-state index in [2.05, 4.69) is 20.4 Å². The molecule has 2 aromatic rings. The van der Waals surface area contributed by atoms with E-state index in [1.54, 1.807) is 17.3 Å². The second kappa shape index (κ2) is 6.32. The van der Waals surface area contributed by atoms with Crippen LogP contribution in [0.5, 0.6) is 0 Å². The van der Waals surface area contributed by atoms with Gasteiger partial charge in [-0.25, -0.2) is 0 Å². The lowest BCUT2D eigenvalue weighted by molar-refractivity contribution is -0.127. The Labute approximate surface area is 141 Å². The minimum absolute atomic E-state index is 0.0108. The summed E-state index contributed by atoms with van der Waals surface area (Å²) in [4.78, 5) is 22.5. The summed E-state index contributed by atoms with van der Waals surface area (Å²) in [6.07, 6.45) is 3.98. The highest BCUT2D eigenvalue weighted by atomic mass is 16.5. The molecule has 2 atom stereocenters. The third kappa shape index (κ3) is 3.31. The van der Waals surface area contributed by atoms with Crippen LogP contribution in [0.15, 0.2) is 29.0 Å². The summed E-state index contributed by atoms with van der Waals surface area (Å²) in [5.41, 5.74) is 0.847. The maximum atomic E-state index is 12.1. The first-order valence-corrected chi connectivity index (χ1v) is 8.08. The number of carbonyl (C=O) groups is 1. The van der Waals surface area contributed by atoms with Crippen LogP contribution in [0.3, 0.4) is 0 Å². The van der Waals surface area contributed by atoms with Gasteiger partial charge in [0.25, 0.3) is 0 Å². The molecule has 0 saturated carbocycles. The molecule has 3 heterocycles. The monoisotopic (exact) mass is 329 g/mol. The number of aromatic nitrogens is 3. The van der Waals surface area contributed by atoms with Crippen molar-refractivity contribution in [2.75, 3.05) is 7.05 Å². The van der Waals surface area contributed by atoms with Crippen LogP contribution < -0.4 is 5.32 Å². The Kier molecular flexibility index (Phi) is 4.36. The van der Waals surface area contributed by atoms with E-state index in [-0.39, 0.29) is 23.4 Å². The molecule has 7 heteroatoms. The van der Waals surface area contributed by atoms with Gasteiger partial charge in [-0.1, -0.05) is 32.0 Å². The van der Waals surface area contributed by atoms with Gasteiger partial charge >= 0.3 is 0 Å². The van der Waals surface area contributed by atoms with Crippen molar-refractivity contribution in [3.05, 3.63) is 41.8 Å². The first-order valence-electron chi connectivity index (χ1n) is 8.08. The van der Waals surface area contributed by atoms with Gasteiger partial charge in [-0.05, 0) is 11.6 Å². The summed E-state index contributed by atoms with van der Waals surface area (Å²) >= 11 is 0. The predicted molar refractivity (Wildman–Crippen MR) is 88.0 cm³/mol. The SMILES string of the molecule is CN1C(=O)C[C@@H](NCc2noc(C(C)(C)C)n2)[C@@H]1c1cccnc1. The van der Waals surface area contributed by atoms with E-state index in [4.69, 9.17) is 4.52 Å². The Morgan fingerprint density at radius 1 is 1.42 bits per heavy atom. The number of nitrogens with zero attached hydrogens (tertiary/aromatic N) is 4. The smallest absolute Gasteiger partial charge is 0.232 e. The van der Waals surface area contributed by atoms with Crippen molar-refractivity contribution in [3.63, 3.8) is 0 Å². The molecular formula is C17H23N5O2. The standard InChI is InChI=1S/C17H23N5O2/c1-17(2,3)16-20-13(21-24-16)10-19-12-8-14(23)22(4)15(12)11-6-5-7-18-9-11/h5-7,9,12,15,19H,8,10H2,1-4H3/t12-,15+/m1/s1. The average Bonchev–Trinajstić information content (AvgIpc) is 3.12. The summed E-state index contributed by atoms with van der Waals surface area (Å²) < 4.78 is 5.31. The lowest BCUT2D eigenvalue weighted by Crippen LogP contribution is -2.35. The van der Waals surface area contributed by atoms with Crippen molar-refractivity contribution in [3.8, 4) is 0 Å². The fourth-order valence-corrected chi connectivity index (χ4v) is 2.91. The van der Waals surface area contributed by atoms with Crippen LogP contribution in [0.4, 0.5) is 0 Å². The van der Waals surface area contributed by atoms with Crippen molar-refractivity contribution < 1.29 is 9.32 Å². The number of hydrogen-bond donors (Lipinski definition) is 1. The van der Waals surface area contributed by atoms with Crippen molar-refractivity contribution >= 4 is 5.91 Å². The zero-order chi connectivity index (χ0) is 17.3. The third-order valence-corrected chi connectivity index (χ3v) is 4.24.